The van der Waals surface area contributed by atoms with Crippen LogP contribution in [0.25, 0.3) is 22.0 Å². The molecule has 10 heteroatoms. The van der Waals surface area contributed by atoms with E-state index in [4.69, 9.17) is 0 Å². The molecule has 0 atom stereocenters. The Labute approximate surface area is 207 Å². The summed E-state index contributed by atoms with van der Waals surface area (Å²) in [4.78, 5) is 25.5. The lowest BCUT2D eigenvalue weighted by atomic mass is 10.0. The maximum Gasteiger partial charge on any atom is 0.276 e. The van der Waals surface area contributed by atoms with Crippen LogP contribution in [-0.2, 0) is 6.54 Å². The molecule has 1 saturated heterocycles. The largest absolute Gasteiger partial charge is 0.363 e. The summed E-state index contributed by atoms with van der Waals surface area (Å²) in [5.74, 6) is -2.14. The lowest BCUT2D eigenvalue weighted by Gasteiger charge is -2.15. The summed E-state index contributed by atoms with van der Waals surface area (Å²) in [7, 11) is 3.83. The number of hydrogen-bond donors (Lipinski definition) is 2. The van der Waals surface area contributed by atoms with Gasteiger partial charge in [-0.2, -0.15) is 5.10 Å². The molecule has 0 saturated carbocycles. The number of nitrogens with one attached hydrogen (secondary N) is 2. The molecule has 186 valence electrons. The van der Waals surface area contributed by atoms with E-state index < -0.39 is 5.92 Å². The first-order chi connectivity index (χ1) is 17.3. The molecule has 1 amide bonds. The Morgan fingerprint density at radius 1 is 1.19 bits per heavy atom. The van der Waals surface area contributed by atoms with Gasteiger partial charge in [0.25, 0.3) is 11.8 Å². The molecule has 4 heterocycles. The monoisotopic (exact) mass is 491 g/mol. The van der Waals surface area contributed by atoms with E-state index in [1.54, 1.807) is 17.3 Å². The molecule has 3 aromatic rings. The Kier molecular flexibility index (Phi) is 6.36. The quantitative estimate of drug-likeness (QED) is 0.569. The molecule has 1 fully saturated rings. The van der Waals surface area contributed by atoms with E-state index in [1.165, 1.54) is 0 Å². The Hall–Kier alpha value is -3.92. The van der Waals surface area contributed by atoms with Crippen LogP contribution >= 0.6 is 0 Å². The molecular weight excluding hydrogens is 464 g/mol. The average Bonchev–Trinajstić information content (AvgIpc) is 3.33. The predicted molar refractivity (Wildman–Crippen MR) is 135 cm³/mol. The fourth-order valence-electron chi connectivity index (χ4n) is 4.39. The fourth-order valence-corrected chi connectivity index (χ4v) is 4.39. The highest BCUT2D eigenvalue weighted by Gasteiger charge is 2.37. The highest BCUT2D eigenvalue weighted by molar-refractivity contribution is 6.06. The van der Waals surface area contributed by atoms with Gasteiger partial charge in [0.1, 0.15) is 5.84 Å². The second-order valence-corrected chi connectivity index (χ2v) is 9.27. The first kappa shape index (κ1) is 23.8. The number of halogens is 2. The maximum absolute atomic E-state index is 13.6. The molecule has 1 aromatic carbocycles. The van der Waals surface area contributed by atoms with Crippen LogP contribution in [-0.4, -0.2) is 76.4 Å². The summed E-state index contributed by atoms with van der Waals surface area (Å²) < 4.78 is 27.1. The molecule has 0 aliphatic carbocycles. The molecular formula is C26H27F2N7O. The number of likely N-dealkylation sites (tertiary alicyclic amines) is 1. The molecule has 0 bridgehead atoms. The van der Waals surface area contributed by atoms with Crippen molar-refractivity contribution < 1.29 is 13.6 Å². The predicted octanol–water partition coefficient (Wildman–Crippen LogP) is 3.61. The number of rotatable bonds is 5. The third-order valence-electron chi connectivity index (χ3n) is 6.25. The summed E-state index contributed by atoms with van der Waals surface area (Å²) in [6, 6.07) is 7.63. The van der Waals surface area contributed by atoms with Crippen molar-refractivity contribution in [2.45, 2.75) is 18.9 Å². The molecule has 2 aliphatic rings. The molecule has 0 unspecified atom stereocenters. The van der Waals surface area contributed by atoms with Gasteiger partial charge in [-0.25, -0.2) is 8.78 Å². The van der Waals surface area contributed by atoms with Crippen molar-refractivity contribution in [1.82, 2.24) is 30.3 Å². The van der Waals surface area contributed by atoms with Gasteiger partial charge in [-0.05, 0) is 47.6 Å². The number of aromatic nitrogens is 3. The zero-order valence-corrected chi connectivity index (χ0v) is 20.1. The minimum atomic E-state index is -2.63. The number of hydrogen-bond acceptors (Lipinski definition) is 6. The number of H-pyrrole nitrogens is 1. The fraction of sp³-hybridized carbons (Fsp3) is 0.308. The van der Waals surface area contributed by atoms with Crippen LogP contribution in [0.2, 0.25) is 0 Å². The number of carbonyl (C=O) groups is 1. The molecule has 8 nitrogen and oxygen atoms in total. The Morgan fingerprint density at radius 3 is 2.83 bits per heavy atom. The van der Waals surface area contributed by atoms with E-state index in [-0.39, 0.29) is 24.6 Å². The van der Waals surface area contributed by atoms with E-state index in [0.29, 0.717) is 30.7 Å². The lowest BCUT2D eigenvalue weighted by Crippen LogP contribution is -2.24. The first-order valence-corrected chi connectivity index (χ1v) is 11.7. The smallest absolute Gasteiger partial charge is 0.276 e. The minimum Gasteiger partial charge on any atom is -0.363 e. The number of benzene rings is 1. The lowest BCUT2D eigenvalue weighted by molar-refractivity contribution is 0.0115. The van der Waals surface area contributed by atoms with Crippen molar-refractivity contribution in [2.75, 3.05) is 33.7 Å². The zero-order chi connectivity index (χ0) is 25.3. The summed E-state index contributed by atoms with van der Waals surface area (Å²) in [6.45, 7) is 1.01. The van der Waals surface area contributed by atoms with Crippen molar-refractivity contribution in [3.05, 3.63) is 71.8 Å². The van der Waals surface area contributed by atoms with Crippen molar-refractivity contribution in [3.8, 4) is 11.1 Å². The Balaban J connectivity index is 1.35. The van der Waals surface area contributed by atoms with Gasteiger partial charge in [0.2, 0.25) is 0 Å². The van der Waals surface area contributed by atoms with E-state index in [2.05, 4.69) is 25.5 Å². The number of amidine groups is 1. The Morgan fingerprint density at radius 2 is 2.06 bits per heavy atom. The minimum absolute atomic E-state index is 0.112. The van der Waals surface area contributed by atoms with Gasteiger partial charge in [-0.1, -0.05) is 6.07 Å². The van der Waals surface area contributed by atoms with Gasteiger partial charge < -0.3 is 10.2 Å². The number of nitrogens with zero attached hydrogens (tertiary/aromatic N) is 5. The highest BCUT2D eigenvalue weighted by Crippen LogP contribution is 2.29. The normalized spacial score (nSPS) is 17.6. The number of alkyl halides is 2. The van der Waals surface area contributed by atoms with Gasteiger partial charge in [0.05, 0.1) is 18.6 Å². The number of fused-ring (bicyclic) bond motifs is 1. The summed E-state index contributed by atoms with van der Waals surface area (Å²) in [5, 5.41) is 10.7. The number of aromatic amines is 1. The van der Waals surface area contributed by atoms with Crippen molar-refractivity contribution >= 4 is 22.6 Å². The van der Waals surface area contributed by atoms with Crippen LogP contribution < -0.4 is 5.32 Å². The number of pyridine rings is 1. The maximum atomic E-state index is 13.6. The molecule has 0 spiro atoms. The number of aliphatic imine (C=N–C) groups is 1. The van der Waals surface area contributed by atoms with Crippen LogP contribution in [0.1, 0.15) is 22.5 Å². The second kappa shape index (κ2) is 9.62. The van der Waals surface area contributed by atoms with E-state index >= 15 is 0 Å². The molecule has 36 heavy (non-hydrogen) atoms. The van der Waals surface area contributed by atoms with Crippen LogP contribution in [0, 0.1) is 0 Å². The number of carbonyl (C=O) groups excluding carboxylic acids is 1. The SMILES string of the molecule is CN(C)C1=NCC=C(NC(=O)c2n[nH]c3ccc(-c4cncc(CN5CCC(F)(F)C5)c4)cc23)C=C1. The summed E-state index contributed by atoms with van der Waals surface area (Å²) >= 11 is 0. The van der Waals surface area contributed by atoms with Gasteiger partial charge in [-0.3, -0.25) is 24.8 Å². The van der Waals surface area contributed by atoms with Crippen molar-refractivity contribution in [1.29, 1.82) is 0 Å². The van der Waals surface area contributed by atoms with Crippen LogP contribution in [0.5, 0.6) is 0 Å². The third kappa shape index (κ3) is 5.18. The van der Waals surface area contributed by atoms with Crippen LogP contribution in [0.3, 0.4) is 0 Å². The molecule has 2 aromatic heterocycles. The van der Waals surface area contributed by atoms with Crippen LogP contribution in [0.15, 0.2) is 65.6 Å². The van der Waals surface area contributed by atoms with Gasteiger partial charge in [0.15, 0.2) is 5.69 Å². The Bertz CT molecular complexity index is 1390. The third-order valence-corrected chi connectivity index (χ3v) is 6.25. The van der Waals surface area contributed by atoms with Gasteiger partial charge >= 0.3 is 0 Å². The average molecular weight is 492 g/mol. The zero-order valence-electron chi connectivity index (χ0n) is 20.1. The van der Waals surface area contributed by atoms with E-state index in [1.807, 2.05) is 61.5 Å². The first-order valence-electron chi connectivity index (χ1n) is 11.7. The van der Waals surface area contributed by atoms with E-state index in [9.17, 15) is 13.6 Å². The summed E-state index contributed by atoms with van der Waals surface area (Å²) in [6.07, 6.45) is 8.83. The molecule has 0 radical (unpaired) electrons. The molecule has 2 N–H and O–H groups in total. The van der Waals surface area contributed by atoms with Gasteiger partial charge in [-0.15, -0.1) is 0 Å². The number of amides is 1. The number of likely N-dealkylation sites (N-methyl/N-ethyl adjacent to an activating group) is 1. The van der Waals surface area contributed by atoms with Crippen LogP contribution in [0.4, 0.5) is 8.78 Å². The van der Waals surface area contributed by atoms with Crippen molar-refractivity contribution in [3.63, 3.8) is 0 Å². The second-order valence-electron chi connectivity index (χ2n) is 9.27. The van der Waals surface area contributed by atoms with Gasteiger partial charge in [0, 0.05) is 62.6 Å². The summed E-state index contributed by atoms with van der Waals surface area (Å²) in [5.41, 5.74) is 4.23. The number of allylic oxidation sites excluding steroid dienone is 1. The molecule has 5 rings (SSSR count). The topological polar surface area (TPSA) is 89.5 Å². The van der Waals surface area contributed by atoms with Crippen molar-refractivity contribution in [2.24, 2.45) is 4.99 Å². The molecule has 2 aliphatic heterocycles. The van der Waals surface area contributed by atoms with E-state index in [0.717, 1.165) is 28.0 Å². The standard InChI is InChI=1S/C26H27F2N7O/c1-34(2)23-6-4-20(7-9-30-23)31-25(36)24-21-12-18(3-5-22(21)32-33-24)19-11-17(13-29-14-19)15-35-10-8-26(27,28)16-35/h3-7,11-14H,8-10,15-16H2,1-2H3,(H,31,36)(H,32,33). The highest BCUT2D eigenvalue weighted by atomic mass is 19.3.